The molecule has 2 aliphatic rings. The van der Waals surface area contributed by atoms with E-state index in [1.54, 1.807) is 46.4 Å². The molecule has 2 saturated heterocycles. The minimum absolute atomic E-state index is 0.0120. The highest BCUT2D eigenvalue weighted by atomic mass is 32.2. The lowest BCUT2D eigenvalue weighted by molar-refractivity contribution is -0.142. The first kappa shape index (κ1) is 53.8. The van der Waals surface area contributed by atoms with Gasteiger partial charge in [-0.25, -0.2) is 22.3 Å². The average molecular weight is 938 g/mol. The first-order valence-electron chi connectivity index (χ1n) is 23.5. The molecular weight excluding hydrogens is 863 g/mol. The molecule has 0 radical (unpaired) electrons. The standard InChI is InChI=1S/C50H75N5O10S/c1-35(2)28-40(52-44(58)39(29-36-18-12-10-13-19-36)32-43(57)41(30-37-20-14-11-15-21-37)53-47(61)65-49(6,7)8)42(56)31-38(22-16-17-25-51-46(60)64-48(3,4)5)45(59)54-26-23-50(24-27-54)33-55(34-50)66(9,62)63/h10-15,18-21,35,38-41H,16-17,22-34H2,1-9H3,(H,51,60)(H,52,58)(H,53,61)/t38-,39-,40+,41+/m0/s1. The largest absolute Gasteiger partial charge is 0.444 e. The molecule has 4 atom stereocenters. The number of piperidine rings is 1. The van der Waals surface area contributed by atoms with Crippen molar-refractivity contribution in [3.63, 3.8) is 0 Å². The van der Waals surface area contributed by atoms with E-state index in [1.807, 2.05) is 74.5 Å². The van der Waals surface area contributed by atoms with Crippen LogP contribution in [0.15, 0.2) is 60.7 Å². The van der Waals surface area contributed by atoms with Crippen LogP contribution in [0.1, 0.15) is 118 Å². The molecule has 0 aliphatic carbocycles. The van der Waals surface area contributed by atoms with Crippen molar-refractivity contribution in [2.75, 3.05) is 39.0 Å². The molecular formula is C50H75N5O10S. The third kappa shape index (κ3) is 18.1. The van der Waals surface area contributed by atoms with E-state index >= 15 is 0 Å². The molecule has 2 heterocycles. The Kier molecular flexibility index (Phi) is 19.4. The lowest BCUT2D eigenvalue weighted by atomic mass is 9.73. The fraction of sp³-hybridized carbons (Fsp3) is 0.640. The summed E-state index contributed by atoms with van der Waals surface area (Å²) in [4.78, 5) is 84.7. The molecule has 2 fully saturated rings. The Balaban J connectivity index is 1.53. The first-order valence-corrected chi connectivity index (χ1v) is 25.3. The van der Waals surface area contributed by atoms with Crippen molar-refractivity contribution >= 4 is 45.6 Å². The van der Waals surface area contributed by atoms with Crippen molar-refractivity contribution in [2.24, 2.45) is 23.2 Å². The van der Waals surface area contributed by atoms with Gasteiger partial charge in [-0.2, -0.15) is 0 Å². The number of Topliss-reactive ketones (excluding diaryl/α,β-unsaturated/α-hetero) is 2. The predicted octanol–water partition coefficient (Wildman–Crippen LogP) is 6.63. The molecule has 0 aromatic heterocycles. The highest BCUT2D eigenvalue weighted by Crippen LogP contribution is 2.42. The van der Waals surface area contributed by atoms with Crippen LogP contribution in [0, 0.1) is 23.2 Å². The Morgan fingerprint density at radius 1 is 0.697 bits per heavy atom. The molecule has 2 aliphatic heterocycles. The Bertz CT molecular complexity index is 2050. The van der Waals surface area contributed by atoms with Crippen LogP contribution in [0.3, 0.4) is 0 Å². The smallest absolute Gasteiger partial charge is 0.408 e. The summed E-state index contributed by atoms with van der Waals surface area (Å²) in [7, 11) is -3.29. The quantitative estimate of drug-likeness (QED) is 0.108. The summed E-state index contributed by atoms with van der Waals surface area (Å²) in [5.74, 6) is -2.92. The maximum absolute atomic E-state index is 14.5. The van der Waals surface area contributed by atoms with Crippen LogP contribution in [0.25, 0.3) is 0 Å². The van der Waals surface area contributed by atoms with Crippen LogP contribution in [0.2, 0.25) is 0 Å². The number of sulfonamides is 1. The molecule has 0 saturated carbocycles. The highest BCUT2D eigenvalue weighted by molar-refractivity contribution is 7.88. The summed E-state index contributed by atoms with van der Waals surface area (Å²) in [6, 6.07) is 16.6. The molecule has 2 aromatic rings. The Labute approximate surface area is 392 Å². The summed E-state index contributed by atoms with van der Waals surface area (Å²) in [5.41, 5.74) is -0.000640. The van der Waals surface area contributed by atoms with Crippen molar-refractivity contribution < 1.29 is 46.7 Å². The number of nitrogens with zero attached hydrogens (tertiary/aromatic N) is 2. The molecule has 1 spiro atoms. The first-order chi connectivity index (χ1) is 30.8. The van der Waals surface area contributed by atoms with Gasteiger partial charge in [-0.15, -0.1) is 0 Å². The molecule has 0 bridgehead atoms. The van der Waals surface area contributed by atoms with Crippen LogP contribution < -0.4 is 16.0 Å². The second-order valence-corrected chi connectivity index (χ2v) is 22.8. The predicted molar refractivity (Wildman–Crippen MR) is 254 cm³/mol. The molecule has 4 rings (SSSR count). The summed E-state index contributed by atoms with van der Waals surface area (Å²) >= 11 is 0. The zero-order valence-electron chi connectivity index (χ0n) is 40.7. The van der Waals surface area contributed by atoms with Crippen molar-refractivity contribution in [1.29, 1.82) is 0 Å². The van der Waals surface area contributed by atoms with Gasteiger partial charge in [-0.05, 0) is 104 Å². The van der Waals surface area contributed by atoms with Crippen LogP contribution in [-0.4, -0.2) is 115 Å². The van der Waals surface area contributed by atoms with Gasteiger partial charge in [0, 0.05) is 62.8 Å². The van der Waals surface area contributed by atoms with E-state index in [-0.39, 0.29) is 54.5 Å². The van der Waals surface area contributed by atoms with E-state index < -0.39 is 63.2 Å². The number of hydrogen-bond donors (Lipinski definition) is 3. The minimum atomic E-state index is -3.29. The summed E-state index contributed by atoms with van der Waals surface area (Å²) in [6.45, 7) is 16.5. The highest BCUT2D eigenvalue weighted by Gasteiger charge is 2.49. The zero-order valence-corrected chi connectivity index (χ0v) is 41.5. The second kappa shape index (κ2) is 23.8. The van der Waals surface area contributed by atoms with Gasteiger partial charge >= 0.3 is 12.2 Å². The molecule has 66 heavy (non-hydrogen) atoms. The monoisotopic (exact) mass is 938 g/mol. The SMILES string of the molecule is CC(C)C[C@@H](NC(=O)[C@H](CC(=O)[C@@H](Cc1ccccc1)NC(=O)OC(C)(C)C)Cc1ccccc1)C(=O)C[C@H](CCCCNC(=O)OC(C)(C)C)C(=O)N1CCC2(CC1)CN(S(C)(=O)=O)C2. The van der Waals surface area contributed by atoms with E-state index in [0.717, 1.165) is 11.1 Å². The summed E-state index contributed by atoms with van der Waals surface area (Å²) in [6.07, 6.45) is 2.98. The maximum atomic E-state index is 14.5. The number of likely N-dealkylation sites (tertiary alicyclic amines) is 1. The molecule has 0 unspecified atom stereocenters. The van der Waals surface area contributed by atoms with E-state index in [1.165, 1.54) is 10.6 Å². The van der Waals surface area contributed by atoms with Gasteiger partial charge in [0.25, 0.3) is 0 Å². The number of hydrogen-bond acceptors (Lipinski definition) is 10. The van der Waals surface area contributed by atoms with Crippen molar-refractivity contribution in [3.8, 4) is 0 Å². The van der Waals surface area contributed by atoms with Gasteiger partial charge in [-0.3, -0.25) is 19.2 Å². The van der Waals surface area contributed by atoms with Gasteiger partial charge in [0.05, 0.1) is 18.3 Å². The summed E-state index contributed by atoms with van der Waals surface area (Å²) < 4.78 is 36.5. The van der Waals surface area contributed by atoms with Crippen molar-refractivity contribution in [1.82, 2.24) is 25.2 Å². The normalized spacial score (nSPS) is 17.2. The number of ketones is 2. The zero-order chi connectivity index (χ0) is 48.9. The van der Waals surface area contributed by atoms with Gasteiger partial charge in [0.2, 0.25) is 21.8 Å². The number of ether oxygens (including phenoxy) is 2. The van der Waals surface area contributed by atoms with Gasteiger partial charge in [-0.1, -0.05) is 80.9 Å². The van der Waals surface area contributed by atoms with E-state index in [4.69, 9.17) is 9.47 Å². The fourth-order valence-electron chi connectivity index (χ4n) is 8.55. The van der Waals surface area contributed by atoms with Crippen LogP contribution in [-0.2, 0) is 51.5 Å². The second-order valence-electron chi connectivity index (χ2n) is 20.8. The van der Waals surface area contributed by atoms with Crippen LogP contribution in [0.4, 0.5) is 9.59 Å². The number of alkyl carbamates (subject to hydrolysis) is 2. The number of benzene rings is 2. The van der Waals surface area contributed by atoms with Crippen molar-refractivity contribution in [2.45, 2.75) is 143 Å². The van der Waals surface area contributed by atoms with Crippen LogP contribution in [0.5, 0.6) is 0 Å². The molecule has 16 heteroatoms. The maximum Gasteiger partial charge on any atom is 0.408 e. The number of unbranched alkanes of at least 4 members (excludes halogenated alkanes) is 1. The Hall–Kier alpha value is -4.83. The van der Waals surface area contributed by atoms with Gasteiger partial charge < -0.3 is 30.3 Å². The lowest BCUT2D eigenvalue weighted by Crippen LogP contribution is -2.62. The van der Waals surface area contributed by atoms with E-state index in [9.17, 15) is 37.2 Å². The Morgan fingerprint density at radius 2 is 1.21 bits per heavy atom. The Morgan fingerprint density at radius 3 is 1.74 bits per heavy atom. The number of rotatable bonds is 22. The molecule has 15 nitrogen and oxygen atoms in total. The number of amides is 4. The van der Waals surface area contributed by atoms with E-state index in [2.05, 4.69) is 16.0 Å². The van der Waals surface area contributed by atoms with E-state index in [0.29, 0.717) is 71.2 Å². The molecule has 4 amide bonds. The van der Waals surface area contributed by atoms with Crippen molar-refractivity contribution in [3.05, 3.63) is 71.8 Å². The average Bonchev–Trinajstić information content (AvgIpc) is 3.20. The molecule has 366 valence electrons. The third-order valence-electron chi connectivity index (χ3n) is 12.0. The van der Waals surface area contributed by atoms with Crippen LogP contribution >= 0.6 is 0 Å². The topological polar surface area (TPSA) is 198 Å². The van der Waals surface area contributed by atoms with Gasteiger partial charge in [0.1, 0.15) is 11.2 Å². The number of carbonyl (C=O) groups excluding carboxylic acids is 6. The van der Waals surface area contributed by atoms with Gasteiger partial charge in [0.15, 0.2) is 11.6 Å². The number of carbonyl (C=O) groups is 6. The molecule has 3 N–H and O–H groups in total. The third-order valence-corrected chi connectivity index (χ3v) is 13.2. The molecule has 2 aromatic carbocycles. The fourth-order valence-corrected chi connectivity index (χ4v) is 9.57. The summed E-state index contributed by atoms with van der Waals surface area (Å²) in [5, 5.41) is 8.51. The lowest BCUT2D eigenvalue weighted by Gasteiger charge is -2.53. The number of nitrogens with one attached hydrogen (secondary N) is 3. The minimum Gasteiger partial charge on any atom is -0.444 e.